The van der Waals surface area contributed by atoms with Crippen molar-refractivity contribution in [3.8, 4) is 0 Å². The number of rotatable bonds is 5. The van der Waals surface area contributed by atoms with Gasteiger partial charge in [-0.3, -0.25) is 18.6 Å². The molecule has 4 aromatic heterocycles. The van der Waals surface area contributed by atoms with E-state index in [1.165, 1.54) is 29.5 Å². The molecule has 150 valence electrons. The van der Waals surface area contributed by atoms with Gasteiger partial charge in [-0.1, -0.05) is 17.8 Å². The minimum atomic E-state index is -0.0516. The van der Waals surface area contributed by atoms with Crippen LogP contribution < -0.4 is 5.56 Å². The van der Waals surface area contributed by atoms with E-state index >= 15 is 0 Å². The molecular formula is C19H19N5O2S3. The number of carbonyl (C=O) groups is 1. The molecule has 0 bridgehead atoms. The molecule has 5 heterocycles. The molecule has 0 spiro atoms. The zero-order valence-corrected chi connectivity index (χ0v) is 18.1. The maximum atomic E-state index is 13.0. The van der Waals surface area contributed by atoms with Gasteiger partial charge in [0.05, 0.1) is 17.8 Å². The highest BCUT2D eigenvalue weighted by molar-refractivity contribution is 7.99. The third-order valence-electron chi connectivity index (χ3n) is 5.11. The fraction of sp³-hybridized carbons (Fsp3) is 0.368. The first kappa shape index (κ1) is 18.8. The molecule has 0 unspecified atom stereocenters. The number of thiophene rings is 2. The van der Waals surface area contributed by atoms with Gasteiger partial charge in [0, 0.05) is 18.0 Å². The second-order valence-corrected chi connectivity index (χ2v) is 9.84. The van der Waals surface area contributed by atoms with E-state index in [2.05, 4.69) is 10.2 Å². The Hall–Kier alpha value is -2.17. The molecule has 0 radical (unpaired) electrons. The Bertz CT molecular complexity index is 1220. The van der Waals surface area contributed by atoms with Crippen LogP contribution in [0.4, 0.5) is 0 Å². The molecule has 7 nitrogen and oxygen atoms in total. The fourth-order valence-electron chi connectivity index (χ4n) is 3.66. The molecule has 1 aliphatic rings. The Labute approximate surface area is 179 Å². The number of likely N-dealkylation sites (tertiary alicyclic amines) is 1. The molecular weight excluding hydrogens is 426 g/mol. The molecule has 1 fully saturated rings. The molecule has 0 N–H and O–H groups in total. The highest BCUT2D eigenvalue weighted by Crippen LogP contribution is 2.25. The van der Waals surface area contributed by atoms with Gasteiger partial charge in [0.15, 0.2) is 5.16 Å². The van der Waals surface area contributed by atoms with Crippen LogP contribution in [0.25, 0.3) is 16.0 Å². The summed E-state index contributed by atoms with van der Waals surface area (Å²) in [5.41, 5.74) is 0.750. The number of amides is 1. The lowest BCUT2D eigenvalue weighted by atomic mass is 10.1. The summed E-state index contributed by atoms with van der Waals surface area (Å²) in [4.78, 5) is 28.6. The average Bonchev–Trinajstić information content (AvgIpc) is 3.50. The van der Waals surface area contributed by atoms with Crippen molar-refractivity contribution in [2.45, 2.75) is 31.0 Å². The van der Waals surface area contributed by atoms with Crippen LogP contribution in [-0.4, -0.2) is 48.8 Å². The first-order chi connectivity index (χ1) is 14.2. The van der Waals surface area contributed by atoms with Gasteiger partial charge in [0.25, 0.3) is 5.56 Å². The molecule has 0 aromatic carbocycles. The van der Waals surface area contributed by atoms with E-state index in [0.717, 1.165) is 36.3 Å². The summed E-state index contributed by atoms with van der Waals surface area (Å²) in [6, 6.07) is 5.91. The van der Waals surface area contributed by atoms with Gasteiger partial charge < -0.3 is 4.90 Å². The normalized spacial score (nSPS) is 14.8. The Kier molecular flexibility index (Phi) is 5.15. The predicted octanol–water partition coefficient (Wildman–Crippen LogP) is 3.32. The number of aromatic nitrogens is 4. The van der Waals surface area contributed by atoms with E-state index in [9.17, 15) is 9.59 Å². The van der Waals surface area contributed by atoms with Gasteiger partial charge >= 0.3 is 0 Å². The van der Waals surface area contributed by atoms with E-state index in [1.54, 1.807) is 15.9 Å². The summed E-state index contributed by atoms with van der Waals surface area (Å²) < 4.78 is 4.27. The van der Waals surface area contributed by atoms with Gasteiger partial charge in [-0.15, -0.1) is 32.9 Å². The van der Waals surface area contributed by atoms with Crippen molar-refractivity contribution in [1.82, 2.24) is 24.1 Å². The number of piperidine rings is 1. The smallest absolute Gasteiger partial charge is 0.273 e. The maximum Gasteiger partial charge on any atom is 0.273 e. The molecule has 29 heavy (non-hydrogen) atoms. The summed E-state index contributed by atoms with van der Waals surface area (Å²) in [7, 11) is 0. The van der Waals surface area contributed by atoms with Crippen LogP contribution in [0.2, 0.25) is 0 Å². The molecule has 1 amide bonds. The van der Waals surface area contributed by atoms with Crippen LogP contribution in [0.1, 0.15) is 24.1 Å². The monoisotopic (exact) mass is 445 g/mol. The lowest BCUT2D eigenvalue weighted by Gasteiger charge is -2.26. The van der Waals surface area contributed by atoms with Crippen LogP contribution in [0.15, 0.2) is 38.9 Å². The van der Waals surface area contributed by atoms with Crippen molar-refractivity contribution in [1.29, 1.82) is 0 Å². The predicted molar refractivity (Wildman–Crippen MR) is 117 cm³/mol. The number of fused-ring (bicyclic) bond motifs is 3. The largest absolute Gasteiger partial charge is 0.342 e. The molecule has 10 heteroatoms. The van der Waals surface area contributed by atoms with Crippen molar-refractivity contribution >= 4 is 56.3 Å². The van der Waals surface area contributed by atoms with Gasteiger partial charge in [0.2, 0.25) is 11.7 Å². The second kappa shape index (κ2) is 7.92. The molecule has 4 aromatic rings. The highest BCUT2D eigenvalue weighted by atomic mass is 32.2. The quantitative estimate of drug-likeness (QED) is 0.441. The summed E-state index contributed by atoms with van der Waals surface area (Å²) >= 11 is 4.42. The summed E-state index contributed by atoms with van der Waals surface area (Å²) in [6.07, 6.45) is 3.35. The van der Waals surface area contributed by atoms with Crippen LogP contribution in [0.3, 0.4) is 0 Å². The van der Waals surface area contributed by atoms with Crippen LogP contribution in [-0.2, 0) is 11.3 Å². The van der Waals surface area contributed by atoms with E-state index in [1.807, 2.05) is 38.3 Å². The van der Waals surface area contributed by atoms with Crippen molar-refractivity contribution in [3.63, 3.8) is 0 Å². The Morgan fingerprint density at radius 3 is 2.76 bits per heavy atom. The lowest BCUT2D eigenvalue weighted by Crippen LogP contribution is -2.36. The van der Waals surface area contributed by atoms with Gasteiger partial charge in [-0.25, -0.2) is 0 Å². The van der Waals surface area contributed by atoms with Gasteiger partial charge in [-0.05, 0) is 42.2 Å². The summed E-state index contributed by atoms with van der Waals surface area (Å²) in [5, 5.41) is 13.2. The first-order valence-corrected chi connectivity index (χ1v) is 12.2. The minimum absolute atomic E-state index is 0.0516. The first-order valence-electron chi connectivity index (χ1n) is 9.50. The van der Waals surface area contributed by atoms with Gasteiger partial charge in [0.1, 0.15) is 4.70 Å². The van der Waals surface area contributed by atoms with Crippen LogP contribution in [0, 0.1) is 0 Å². The molecule has 1 aliphatic heterocycles. The standard InChI is InChI=1S/C19H19N5O2S3/c25-15(22-7-2-1-3-8-22)12-29-19-21-20-18-23(11-13-5-4-9-27-13)17(26)16-14(24(18)19)6-10-28-16/h4-6,9-10H,1-3,7-8,11-12H2. The summed E-state index contributed by atoms with van der Waals surface area (Å²) in [5.74, 6) is 0.985. The average molecular weight is 446 g/mol. The van der Waals surface area contributed by atoms with E-state index < -0.39 is 0 Å². The van der Waals surface area contributed by atoms with Crippen molar-refractivity contribution < 1.29 is 4.79 Å². The number of hydrogen-bond donors (Lipinski definition) is 0. The fourth-order valence-corrected chi connectivity index (χ4v) is 6.01. The maximum absolute atomic E-state index is 13.0. The van der Waals surface area contributed by atoms with Crippen molar-refractivity contribution in [3.05, 3.63) is 44.2 Å². The number of nitrogens with zero attached hydrogens (tertiary/aromatic N) is 5. The van der Waals surface area contributed by atoms with E-state index in [0.29, 0.717) is 27.9 Å². The third-order valence-corrected chi connectivity index (χ3v) is 7.78. The van der Waals surface area contributed by atoms with Crippen molar-refractivity contribution in [2.24, 2.45) is 0 Å². The molecule has 1 saturated heterocycles. The molecule has 0 atom stereocenters. The summed E-state index contributed by atoms with van der Waals surface area (Å²) in [6.45, 7) is 2.15. The Balaban J connectivity index is 1.51. The van der Waals surface area contributed by atoms with E-state index in [4.69, 9.17) is 0 Å². The number of carbonyl (C=O) groups excluding carboxylic acids is 1. The third kappa shape index (κ3) is 3.49. The van der Waals surface area contributed by atoms with Gasteiger partial charge in [-0.2, -0.15) is 0 Å². The number of thioether (sulfide) groups is 1. The Morgan fingerprint density at radius 2 is 1.97 bits per heavy atom. The van der Waals surface area contributed by atoms with Crippen LogP contribution >= 0.6 is 34.4 Å². The minimum Gasteiger partial charge on any atom is -0.342 e. The zero-order chi connectivity index (χ0) is 19.8. The second-order valence-electron chi connectivity index (χ2n) is 6.95. The zero-order valence-electron chi connectivity index (χ0n) is 15.6. The number of hydrogen-bond acceptors (Lipinski definition) is 7. The molecule has 0 aliphatic carbocycles. The molecule has 5 rings (SSSR count). The molecule has 0 saturated carbocycles. The Morgan fingerprint density at radius 1 is 1.10 bits per heavy atom. The van der Waals surface area contributed by atoms with E-state index in [-0.39, 0.29) is 11.5 Å². The topological polar surface area (TPSA) is 72.5 Å². The highest BCUT2D eigenvalue weighted by Gasteiger charge is 2.21. The van der Waals surface area contributed by atoms with Crippen molar-refractivity contribution in [2.75, 3.05) is 18.8 Å². The van der Waals surface area contributed by atoms with Crippen LogP contribution in [0.5, 0.6) is 0 Å². The lowest BCUT2D eigenvalue weighted by molar-refractivity contribution is -0.129. The SMILES string of the molecule is O=C(CSc1nnc2n(Cc3cccs3)c(=O)c3sccc3n12)N1CCCCC1.